The lowest BCUT2D eigenvalue weighted by Gasteiger charge is -2.10. The molecule has 0 atom stereocenters. The number of aryl methyl sites for hydroxylation is 2. The van der Waals surface area contributed by atoms with Crippen LogP contribution in [0.4, 0.5) is 0 Å². The predicted molar refractivity (Wildman–Crippen MR) is 110 cm³/mol. The van der Waals surface area contributed by atoms with E-state index in [2.05, 4.69) is 31.0 Å². The van der Waals surface area contributed by atoms with E-state index >= 15 is 0 Å². The Kier molecular flexibility index (Phi) is 6.67. The molecule has 2 N–H and O–H groups in total. The Morgan fingerprint density at radius 3 is 2.78 bits per heavy atom. The molecular formula is C18H22BrN3O3S2. The summed E-state index contributed by atoms with van der Waals surface area (Å²) in [6, 6.07) is 4.54. The fourth-order valence-electron chi connectivity index (χ4n) is 2.55. The Morgan fingerprint density at radius 2 is 2.11 bits per heavy atom. The van der Waals surface area contributed by atoms with Crippen molar-refractivity contribution < 1.29 is 13.2 Å². The second kappa shape index (κ2) is 8.81. The maximum Gasteiger partial charge on any atom is 0.252 e. The first-order valence-corrected chi connectivity index (χ1v) is 12.0. The molecule has 1 saturated carbocycles. The number of amides is 1. The maximum absolute atomic E-state index is 12.4. The third-order valence-corrected chi connectivity index (χ3v) is 7.40. The van der Waals surface area contributed by atoms with Gasteiger partial charge in [0.25, 0.3) is 5.91 Å². The third-order valence-electron chi connectivity index (χ3n) is 4.16. The number of thiazole rings is 1. The summed E-state index contributed by atoms with van der Waals surface area (Å²) in [4.78, 5) is 17.0. The standard InChI is InChI=1S/C18H22BrN3O3S2/c1-12-11-26-17(21-12)4-2-3-9-20-18(23)15-10-14(7-8-16(15)19)27(24,25)22-13-5-6-13/h7-8,10-11,13,22H,2-6,9H2,1H3,(H,20,23). The number of carbonyl (C=O) groups excluding carboxylic acids is 1. The molecule has 9 heteroatoms. The summed E-state index contributed by atoms with van der Waals surface area (Å²) in [5.41, 5.74) is 1.36. The summed E-state index contributed by atoms with van der Waals surface area (Å²) in [5.74, 6) is -0.282. The van der Waals surface area contributed by atoms with Crippen molar-refractivity contribution in [1.29, 1.82) is 0 Å². The number of sulfonamides is 1. The van der Waals surface area contributed by atoms with E-state index in [-0.39, 0.29) is 16.8 Å². The van der Waals surface area contributed by atoms with E-state index in [1.165, 1.54) is 12.1 Å². The number of benzene rings is 1. The monoisotopic (exact) mass is 471 g/mol. The molecule has 6 nitrogen and oxygen atoms in total. The van der Waals surface area contributed by atoms with Gasteiger partial charge in [-0.15, -0.1) is 11.3 Å². The van der Waals surface area contributed by atoms with Crippen molar-refractivity contribution in [1.82, 2.24) is 15.0 Å². The van der Waals surface area contributed by atoms with E-state index in [4.69, 9.17) is 0 Å². The summed E-state index contributed by atoms with van der Waals surface area (Å²) < 4.78 is 27.9. The smallest absolute Gasteiger partial charge is 0.252 e. The highest BCUT2D eigenvalue weighted by molar-refractivity contribution is 9.10. The van der Waals surface area contributed by atoms with E-state index in [1.54, 1.807) is 17.4 Å². The number of hydrogen-bond donors (Lipinski definition) is 2. The predicted octanol–water partition coefficient (Wildman–Crippen LogP) is 3.41. The van der Waals surface area contributed by atoms with E-state index in [0.717, 1.165) is 42.8 Å². The molecule has 27 heavy (non-hydrogen) atoms. The third kappa shape index (κ3) is 5.84. The fraction of sp³-hybridized carbons (Fsp3) is 0.444. The number of unbranched alkanes of at least 4 members (excludes halogenated alkanes) is 1. The molecule has 0 spiro atoms. The van der Waals surface area contributed by atoms with Crippen LogP contribution in [0.25, 0.3) is 0 Å². The Morgan fingerprint density at radius 1 is 1.33 bits per heavy atom. The van der Waals surface area contributed by atoms with Gasteiger partial charge in [-0.2, -0.15) is 0 Å². The summed E-state index contributed by atoms with van der Waals surface area (Å²) >= 11 is 4.99. The molecule has 1 aromatic carbocycles. The van der Waals surface area contributed by atoms with Gasteiger partial charge in [0.05, 0.1) is 15.5 Å². The van der Waals surface area contributed by atoms with Crippen LogP contribution in [0.5, 0.6) is 0 Å². The molecule has 0 bridgehead atoms. The Bertz CT molecular complexity index is 924. The van der Waals surface area contributed by atoms with E-state index in [0.29, 0.717) is 16.6 Å². The van der Waals surface area contributed by atoms with Gasteiger partial charge in [-0.25, -0.2) is 18.1 Å². The normalized spacial score (nSPS) is 14.3. The van der Waals surface area contributed by atoms with Gasteiger partial charge in [0.15, 0.2) is 0 Å². The van der Waals surface area contributed by atoms with Gasteiger partial charge >= 0.3 is 0 Å². The van der Waals surface area contributed by atoms with Crippen molar-refractivity contribution in [2.24, 2.45) is 0 Å². The van der Waals surface area contributed by atoms with Crippen molar-refractivity contribution in [3.8, 4) is 0 Å². The maximum atomic E-state index is 12.4. The molecule has 2 aromatic rings. The van der Waals surface area contributed by atoms with Gasteiger partial charge in [-0.05, 0) is 73.2 Å². The van der Waals surface area contributed by atoms with E-state index in [9.17, 15) is 13.2 Å². The minimum Gasteiger partial charge on any atom is -0.352 e. The molecule has 0 saturated heterocycles. The van der Waals surface area contributed by atoms with Crippen LogP contribution in [-0.4, -0.2) is 31.9 Å². The molecule has 1 aliphatic rings. The summed E-state index contributed by atoms with van der Waals surface area (Å²) in [7, 11) is -3.58. The first-order valence-electron chi connectivity index (χ1n) is 8.86. The molecule has 146 valence electrons. The van der Waals surface area contributed by atoms with Crippen molar-refractivity contribution in [2.45, 2.75) is 50.0 Å². The van der Waals surface area contributed by atoms with Gasteiger partial charge in [-0.1, -0.05) is 0 Å². The molecule has 0 unspecified atom stereocenters. The van der Waals surface area contributed by atoms with Gasteiger partial charge in [-0.3, -0.25) is 4.79 Å². The average molecular weight is 472 g/mol. The highest BCUT2D eigenvalue weighted by Gasteiger charge is 2.28. The van der Waals surface area contributed by atoms with Crippen molar-refractivity contribution in [3.63, 3.8) is 0 Å². The molecule has 0 aliphatic heterocycles. The van der Waals surface area contributed by atoms with Crippen LogP contribution in [0.1, 0.15) is 46.7 Å². The topological polar surface area (TPSA) is 88.2 Å². The number of rotatable bonds is 9. The lowest BCUT2D eigenvalue weighted by atomic mass is 10.2. The van der Waals surface area contributed by atoms with Gasteiger partial charge in [0.1, 0.15) is 0 Å². The Hall–Kier alpha value is -1.29. The number of nitrogens with zero attached hydrogens (tertiary/aromatic N) is 1. The molecule has 1 fully saturated rings. The minimum absolute atomic E-state index is 0.0255. The van der Waals surface area contributed by atoms with E-state index in [1.807, 2.05) is 12.3 Å². The summed E-state index contributed by atoms with van der Waals surface area (Å²) in [6.07, 6.45) is 4.41. The number of carbonyl (C=O) groups is 1. The molecule has 1 aromatic heterocycles. The summed E-state index contributed by atoms with van der Waals surface area (Å²) in [6.45, 7) is 2.51. The first kappa shape index (κ1) is 20.4. The van der Waals surface area contributed by atoms with Crippen molar-refractivity contribution in [2.75, 3.05) is 6.54 Å². The molecule has 1 aliphatic carbocycles. The van der Waals surface area contributed by atoms with Crippen molar-refractivity contribution >= 4 is 43.2 Å². The van der Waals surface area contributed by atoms with Crippen LogP contribution in [0.15, 0.2) is 32.9 Å². The minimum atomic E-state index is -3.58. The Labute approximate surface area is 172 Å². The molecule has 3 rings (SSSR count). The van der Waals surface area contributed by atoms with Crippen LogP contribution in [0.3, 0.4) is 0 Å². The first-order chi connectivity index (χ1) is 12.8. The quantitative estimate of drug-likeness (QED) is 0.548. The molecule has 1 heterocycles. The molecular weight excluding hydrogens is 450 g/mol. The molecule has 0 radical (unpaired) electrons. The number of hydrogen-bond acceptors (Lipinski definition) is 5. The zero-order chi connectivity index (χ0) is 19.4. The summed E-state index contributed by atoms with van der Waals surface area (Å²) in [5, 5.41) is 6.01. The highest BCUT2D eigenvalue weighted by atomic mass is 79.9. The second-order valence-corrected chi connectivity index (χ2v) is 10.1. The fourth-order valence-corrected chi connectivity index (χ4v) is 5.13. The second-order valence-electron chi connectivity index (χ2n) is 6.63. The van der Waals surface area contributed by atoms with Crippen LogP contribution < -0.4 is 10.0 Å². The highest BCUT2D eigenvalue weighted by Crippen LogP contribution is 2.25. The zero-order valence-electron chi connectivity index (χ0n) is 15.0. The zero-order valence-corrected chi connectivity index (χ0v) is 18.2. The lowest BCUT2D eigenvalue weighted by Crippen LogP contribution is -2.27. The lowest BCUT2D eigenvalue weighted by molar-refractivity contribution is 0.0952. The van der Waals surface area contributed by atoms with Crippen LogP contribution in [-0.2, 0) is 16.4 Å². The number of aromatic nitrogens is 1. The number of nitrogens with one attached hydrogen (secondary N) is 2. The largest absolute Gasteiger partial charge is 0.352 e. The molecule has 1 amide bonds. The Balaban J connectivity index is 1.53. The van der Waals surface area contributed by atoms with Crippen molar-refractivity contribution in [3.05, 3.63) is 44.3 Å². The van der Waals surface area contributed by atoms with Crippen LogP contribution in [0.2, 0.25) is 0 Å². The number of halogens is 1. The van der Waals surface area contributed by atoms with Gasteiger partial charge in [0, 0.05) is 28.1 Å². The van der Waals surface area contributed by atoms with Gasteiger partial charge in [0.2, 0.25) is 10.0 Å². The van der Waals surface area contributed by atoms with Crippen LogP contribution >= 0.6 is 27.3 Å². The average Bonchev–Trinajstić information content (AvgIpc) is 3.32. The van der Waals surface area contributed by atoms with Crippen LogP contribution in [0, 0.1) is 6.92 Å². The SMILES string of the molecule is Cc1csc(CCCCNC(=O)c2cc(S(=O)(=O)NC3CC3)ccc2Br)n1. The van der Waals surface area contributed by atoms with E-state index < -0.39 is 10.0 Å². The van der Waals surface area contributed by atoms with Gasteiger partial charge < -0.3 is 5.32 Å².